The fraction of sp³-hybridized carbons (Fsp3) is 0.750. The Hall–Kier alpha value is -0.290. The predicted octanol–water partition coefficient (Wildman–Crippen LogP) is 3.41. The van der Waals surface area contributed by atoms with Gasteiger partial charge in [-0.2, -0.15) is 5.26 Å². The summed E-state index contributed by atoms with van der Waals surface area (Å²) in [5, 5.41) is 20.6. The first kappa shape index (κ1) is 16.8. The van der Waals surface area contributed by atoms with E-state index in [0.29, 0.717) is 0 Å². The third kappa shape index (κ3) is 6.13. The Morgan fingerprint density at radius 3 is 2.68 bits per heavy atom. The van der Waals surface area contributed by atoms with Crippen LogP contribution >= 0.6 is 34.9 Å². The van der Waals surface area contributed by atoms with Crippen molar-refractivity contribution in [2.75, 3.05) is 18.6 Å². The second-order valence-electron chi connectivity index (χ2n) is 4.32. The topological polar surface area (TPSA) is 61.6 Å². The normalized spacial score (nSPS) is 14.0. The SMILES string of the molecule is CCNC(C)(C#N)CCCCSc1nnc(SC)s1. The lowest BCUT2D eigenvalue weighted by Crippen LogP contribution is -2.40. The molecule has 19 heavy (non-hydrogen) atoms. The van der Waals surface area contributed by atoms with Crippen LogP contribution in [0.5, 0.6) is 0 Å². The molecule has 1 N–H and O–H groups in total. The average Bonchev–Trinajstić information content (AvgIpc) is 2.86. The van der Waals surface area contributed by atoms with Crippen LogP contribution in [0.2, 0.25) is 0 Å². The smallest absolute Gasteiger partial charge is 0.175 e. The average molecular weight is 317 g/mol. The summed E-state index contributed by atoms with van der Waals surface area (Å²) >= 11 is 5.04. The number of thioether (sulfide) groups is 2. The van der Waals surface area contributed by atoms with Crippen LogP contribution in [-0.4, -0.2) is 34.3 Å². The minimum absolute atomic E-state index is 0.381. The Bertz CT molecular complexity index is 415. The molecule has 106 valence electrons. The Balaban J connectivity index is 2.19. The molecule has 0 amide bonds. The largest absolute Gasteiger partial charge is 0.300 e. The minimum atomic E-state index is -0.381. The van der Waals surface area contributed by atoms with Crippen molar-refractivity contribution in [2.24, 2.45) is 0 Å². The summed E-state index contributed by atoms with van der Waals surface area (Å²) in [5.74, 6) is 1.04. The van der Waals surface area contributed by atoms with Crippen LogP contribution in [0.4, 0.5) is 0 Å². The number of hydrogen-bond acceptors (Lipinski definition) is 7. The molecule has 1 aromatic heterocycles. The molecule has 7 heteroatoms. The molecule has 0 aliphatic carbocycles. The maximum absolute atomic E-state index is 9.14. The first-order valence-electron chi connectivity index (χ1n) is 6.30. The van der Waals surface area contributed by atoms with E-state index in [1.54, 1.807) is 34.9 Å². The molecule has 0 saturated carbocycles. The fourth-order valence-corrected chi connectivity index (χ4v) is 4.16. The van der Waals surface area contributed by atoms with Crippen LogP contribution in [-0.2, 0) is 0 Å². The van der Waals surface area contributed by atoms with Crippen molar-refractivity contribution >= 4 is 34.9 Å². The van der Waals surface area contributed by atoms with Crippen LogP contribution in [0.25, 0.3) is 0 Å². The summed E-state index contributed by atoms with van der Waals surface area (Å²) in [5.41, 5.74) is -0.381. The predicted molar refractivity (Wildman–Crippen MR) is 84.0 cm³/mol. The molecule has 0 aliphatic heterocycles. The van der Waals surface area contributed by atoms with E-state index in [0.717, 1.165) is 40.2 Å². The lowest BCUT2D eigenvalue weighted by molar-refractivity contribution is 0.415. The van der Waals surface area contributed by atoms with Gasteiger partial charge in [-0.1, -0.05) is 41.8 Å². The summed E-state index contributed by atoms with van der Waals surface area (Å²) in [4.78, 5) is 0. The monoisotopic (exact) mass is 316 g/mol. The van der Waals surface area contributed by atoms with Gasteiger partial charge < -0.3 is 0 Å². The number of nitrogens with one attached hydrogen (secondary N) is 1. The van der Waals surface area contributed by atoms with Gasteiger partial charge in [0, 0.05) is 5.75 Å². The lowest BCUT2D eigenvalue weighted by atomic mass is 9.97. The molecule has 0 radical (unpaired) electrons. The summed E-state index contributed by atoms with van der Waals surface area (Å²) in [6.07, 6.45) is 5.06. The van der Waals surface area contributed by atoms with E-state index in [-0.39, 0.29) is 5.54 Å². The number of rotatable bonds is 9. The van der Waals surface area contributed by atoms with Crippen LogP contribution < -0.4 is 5.32 Å². The van der Waals surface area contributed by atoms with Crippen LogP contribution in [0.15, 0.2) is 8.68 Å². The van der Waals surface area contributed by atoms with E-state index >= 15 is 0 Å². The Morgan fingerprint density at radius 1 is 1.37 bits per heavy atom. The van der Waals surface area contributed by atoms with E-state index in [2.05, 4.69) is 21.6 Å². The zero-order chi connectivity index (χ0) is 14.1. The van der Waals surface area contributed by atoms with E-state index in [1.807, 2.05) is 20.1 Å². The first-order valence-corrected chi connectivity index (χ1v) is 9.33. The van der Waals surface area contributed by atoms with Gasteiger partial charge in [0.05, 0.1) is 6.07 Å². The standard InChI is InChI=1S/C12H20N4S3/c1-4-14-12(2,9-13)7-5-6-8-18-11-16-15-10(17-3)19-11/h14H,4-8H2,1-3H3. The number of nitrogens with zero attached hydrogens (tertiary/aromatic N) is 3. The molecule has 1 heterocycles. The first-order chi connectivity index (χ1) is 9.13. The van der Waals surface area contributed by atoms with Crippen molar-refractivity contribution in [3.05, 3.63) is 0 Å². The van der Waals surface area contributed by atoms with Crippen molar-refractivity contribution in [3.8, 4) is 6.07 Å². The number of hydrogen-bond donors (Lipinski definition) is 1. The fourth-order valence-electron chi connectivity index (χ4n) is 1.65. The van der Waals surface area contributed by atoms with Crippen molar-refractivity contribution in [1.29, 1.82) is 5.26 Å². The Kier molecular flexibility index (Phi) is 7.76. The lowest BCUT2D eigenvalue weighted by Gasteiger charge is -2.22. The minimum Gasteiger partial charge on any atom is -0.300 e. The maximum atomic E-state index is 9.14. The zero-order valence-electron chi connectivity index (χ0n) is 11.6. The van der Waals surface area contributed by atoms with Crippen molar-refractivity contribution in [3.63, 3.8) is 0 Å². The molecule has 1 aromatic rings. The van der Waals surface area contributed by atoms with E-state index in [4.69, 9.17) is 5.26 Å². The van der Waals surface area contributed by atoms with Gasteiger partial charge in [-0.3, -0.25) is 5.32 Å². The van der Waals surface area contributed by atoms with Gasteiger partial charge in [0.1, 0.15) is 5.54 Å². The number of aromatic nitrogens is 2. The second kappa shape index (κ2) is 8.80. The van der Waals surface area contributed by atoms with Gasteiger partial charge >= 0.3 is 0 Å². The molecule has 0 saturated heterocycles. The van der Waals surface area contributed by atoms with Gasteiger partial charge in [0.2, 0.25) is 0 Å². The van der Waals surface area contributed by atoms with Gasteiger partial charge in [0.25, 0.3) is 0 Å². The molecule has 1 rings (SSSR count). The molecule has 0 aromatic carbocycles. The highest BCUT2D eigenvalue weighted by molar-refractivity contribution is 8.02. The van der Waals surface area contributed by atoms with E-state index in [9.17, 15) is 0 Å². The van der Waals surface area contributed by atoms with Gasteiger partial charge in [-0.05, 0) is 39.0 Å². The highest BCUT2D eigenvalue weighted by Gasteiger charge is 2.21. The molecule has 1 unspecified atom stereocenters. The third-order valence-electron chi connectivity index (χ3n) is 2.67. The summed E-state index contributed by atoms with van der Waals surface area (Å²) in [7, 11) is 0. The summed E-state index contributed by atoms with van der Waals surface area (Å²) in [6.45, 7) is 4.84. The Labute approximate surface area is 127 Å². The van der Waals surface area contributed by atoms with E-state index in [1.165, 1.54) is 0 Å². The molecular weight excluding hydrogens is 296 g/mol. The summed E-state index contributed by atoms with van der Waals surface area (Å²) < 4.78 is 2.06. The number of unbranched alkanes of at least 4 members (excludes halogenated alkanes) is 1. The highest BCUT2D eigenvalue weighted by atomic mass is 32.2. The molecule has 4 nitrogen and oxygen atoms in total. The molecule has 0 fully saturated rings. The maximum Gasteiger partial charge on any atom is 0.175 e. The van der Waals surface area contributed by atoms with Gasteiger partial charge in [0.15, 0.2) is 8.68 Å². The van der Waals surface area contributed by atoms with Crippen LogP contribution in [0.1, 0.15) is 33.1 Å². The number of nitriles is 1. The second-order valence-corrected chi connectivity index (χ2v) is 7.69. The Morgan fingerprint density at radius 2 is 2.11 bits per heavy atom. The molecular formula is C12H20N4S3. The van der Waals surface area contributed by atoms with Crippen LogP contribution in [0, 0.1) is 11.3 Å². The zero-order valence-corrected chi connectivity index (χ0v) is 14.1. The van der Waals surface area contributed by atoms with E-state index < -0.39 is 0 Å². The molecule has 0 aliphatic rings. The highest BCUT2D eigenvalue weighted by Crippen LogP contribution is 2.28. The van der Waals surface area contributed by atoms with Gasteiger partial charge in [-0.15, -0.1) is 10.2 Å². The van der Waals surface area contributed by atoms with Crippen LogP contribution in [0.3, 0.4) is 0 Å². The molecule has 0 spiro atoms. The van der Waals surface area contributed by atoms with Crippen molar-refractivity contribution < 1.29 is 0 Å². The molecule has 1 atom stereocenters. The molecule has 0 bridgehead atoms. The summed E-state index contributed by atoms with van der Waals surface area (Å²) in [6, 6.07) is 2.36. The quantitative estimate of drug-likeness (QED) is 0.556. The third-order valence-corrected chi connectivity index (χ3v) is 5.79. The van der Waals surface area contributed by atoms with Crippen molar-refractivity contribution in [1.82, 2.24) is 15.5 Å². The van der Waals surface area contributed by atoms with Crippen molar-refractivity contribution in [2.45, 2.75) is 47.3 Å². The van der Waals surface area contributed by atoms with Gasteiger partial charge in [-0.25, -0.2) is 0 Å².